The molecule has 0 aliphatic rings. The van der Waals surface area contributed by atoms with Crippen molar-refractivity contribution in [3.63, 3.8) is 0 Å². The molecule has 0 spiro atoms. The first-order valence-electron chi connectivity index (χ1n) is 3.46. The highest BCUT2D eigenvalue weighted by Crippen LogP contribution is 2.26. The van der Waals surface area contributed by atoms with Crippen molar-refractivity contribution < 1.29 is 17.9 Å². The van der Waals surface area contributed by atoms with Crippen LogP contribution in [0.25, 0.3) is 0 Å². The Morgan fingerprint density at radius 1 is 1.15 bits per heavy atom. The summed E-state index contributed by atoms with van der Waals surface area (Å²) in [5.74, 6) is 0.153. The van der Waals surface area contributed by atoms with Crippen LogP contribution < -0.4 is 4.74 Å². The fraction of sp³-hybridized carbons (Fsp3) is 0.250. The van der Waals surface area contributed by atoms with Gasteiger partial charge in [-0.1, -0.05) is 18.2 Å². The second-order valence-electron chi connectivity index (χ2n) is 2.32. The normalized spacial score (nSPS) is 13.8. The van der Waals surface area contributed by atoms with E-state index in [0.717, 1.165) is 0 Å². The molecule has 0 saturated heterocycles. The molecule has 0 aliphatic heterocycles. The second-order valence-corrected chi connectivity index (χ2v) is 2.79. The lowest BCUT2D eigenvalue weighted by molar-refractivity contribution is -0.165. The van der Waals surface area contributed by atoms with Crippen molar-refractivity contribution in [2.24, 2.45) is 0 Å². The predicted molar refractivity (Wildman–Crippen MR) is 45.9 cm³/mol. The molecule has 0 fully saturated rings. The van der Waals surface area contributed by atoms with Crippen LogP contribution in [-0.4, -0.2) is 11.6 Å². The van der Waals surface area contributed by atoms with Crippen LogP contribution in [0.15, 0.2) is 30.3 Å². The minimum Gasteiger partial charge on any atom is -0.470 e. The molecule has 1 aromatic carbocycles. The lowest BCUT2D eigenvalue weighted by Gasteiger charge is -2.16. The molecule has 0 heterocycles. The van der Waals surface area contributed by atoms with Crippen molar-refractivity contribution in [1.82, 2.24) is 0 Å². The summed E-state index contributed by atoms with van der Waals surface area (Å²) < 4.78 is 40.3. The molecular weight excluding hydrogens is 201 g/mol. The van der Waals surface area contributed by atoms with E-state index in [-0.39, 0.29) is 5.75 Å². The number of benzene rings is 1. The van der Waals surface area contributed by atoms with Crippen LogP contribution in [0.2, 0.25) is 0 Å². The molecule has 0 aromatic heterocycles. The molecule has 1 aromatic rings. The van der Waals surface area contributed by atoms with E-state index < -0.39 is 11.6 Å². The molecule has 1 atom stereocenters. The van der Waals surface area contributed by atoms with E-state index in [0.29, 0.717) is 0 Å². The second kappa shape index (κ2) is 3.91. The number of halogens is 3. The van der Waals surface area contributed by atoms with E-state index in [1.54, 1.807) is 18.2 Å². The van der Waals surface area contributed by atoms with Gasteiger partial charge in [-0.2, -0.15) is 13.2 Å². The Bertz CT molecular complexity index is 260. The predicted octanol–water partition coefficient (Wildman–Crippen LogP) is 2.88. The van der Waals surface area contributed by atoms with Gasteiger partial charge in [0.2, 0.25) is 5.44 Å². The highest BCUT2D eigenvalue weighted by molar-refractivity contribution is 7.80. The number of hydrogen-bond acceptors (Lipinski definition) is 2. The number of para-hydroxylation sites is 1. The van der Waals surface area contributed by atoms with Gasteiger partial charge < -0.3 is 4.74 Å². The molecule has 0 aliphatic carbocycles. The topological polar surface area (TPSA) is 9.23 Å². The van der Waals surface area contributed by atoms with Crippen LogP contribution in [0.1, 0.15) is 0 Å². The van der Waals surface area contributed by atoms with Gasteiger partial charge >= 0.3 is 6.18 Å². The van der Waals surface area contributed by atoms with Gasteiger partial charge in [0.05, 0.1) is 0 Å². The van der Waals surface area contributed by atoms with E-state index in [1.807, 2.05) is 0 Å². The van der Waals surface area contributed by atoms with Crippen LogP contribution in [0.3, 0.4) is 0 Å². The van der Waals surface area contributed by atoms with Gasteiger partial charge in [-0.25, -0.2) is 0 Å². The molecule has 0 N–H and O–H groups in total. The summed E-state index contributed by atoms with van der Waals surface area (Å²) in [6.45, 7) is 0. The Hall–Kier alpha value is -0.840. The van der Waals surface area contributed by atoms with Crippen molar-refractivity contribution in [3.8, 4) is 5.75 Å². The quantitative estimate of drug-likeness (QED) is 0.580. The van der Waals surface area contributed by atoms with Gasteiger partial charge in [0.25, 0.3) is 0 Å². The molecule has 5 heteroatoms. The first kappa shape index (κ1) is 10.2. The van der Waals surface area contributed by atoms with Gasteiger partial charge in [0, 0.05) is 0 Å². The van der Waals surface area contributed by atoms with Gasteiger partial charge in [-0.3, -0.25) is 0 Å². The Labute approximate surface area is 78.9 Å². The van der Waals surface area contributed by atoms with E-state index in [4.69, 9.17) is 0 Å². The first-order valence-corrected chi connectivity index (χ1v) is 3.98. The number of alkyl halides is 3. The van der Waals surface area contributed by atoms with E-state index in [1.165, 1.54) is 12.1 Å². The lowest BCUT2D eigenvalue weighted by atomic mass is 10.3. The average Bonchev–Trinajstić information content (AvgIpc) is 2.04. The average molecular weight is 208 g/mol. The van der Waals surface area contributed by atoms with Gasteiger partial charge in [-0.05, 0) is 12.1 Å². The highest BCUT2D eigenvalue weighted by atomic mass is 32.1. The zero-order valence-corrected chi connectivity index (χ0v) is 7.35. The smallest absolute Gasteiger partial charge is 0.434 e. The van der Waals surface area contributed by atoms with Crippen LogP contribution in [-0.2, 0) is 0 Å². The largest absolute Gasteiger partial charge is 0.470 e. The monoisotopic (exact) mass is 208 g/mol. The number of hydrogen-bond donors (Lipinski definition) is 1. The summed E-state index contributed by atoms with van der Waals surface area (Å²) in [6, 6.07) is 7.75. The molecule has 0 bridgehead atoms. The summed E-state index contributed by atoms with van der Waals surface area (Å²) in [4.78, 5) is 0. The van der Waals surface area contributed by atoms with E-state index in [9.17, 15) is 13.2 Å². The zero-order valence-electron chi connectivity index (χ0n) is 6.45. The number of thiol groups is 1. The highest BCUT2D eigenvalue weighted by Gasteiger charge is 2.39. The maximum atomic E-state index is 11.9. The molecule has 1 nitrogen and oxygen atoms in total. The van der Waals surface area contributed by atoms with Crippen molar-refractivity contribution in [1.29, 1.82) is 0 Å². The maximum Gasteiger partial charge on any atom is 0.434 e. The summed E-state index contributed by atoms with van der Waals surface area (Å²) in [6.07, 6.45) is -4.45. The molecule has 0 amide bonds. The molecule has 0 saturated carbocycles. The van der Waals surface area contributed by atoms with Crippen molar-refractivity contribution in [2.75, 3.05) is 0 Å². The molecule has 72 valence electrons. The Morgan fingerprint density at radius 2 is 1.69 bits per heavy atom. The van der Waals surface area contributed by atoms with Crippen molar-refractivity contribution in [3.05, 3.63) is 30.3 Å². The van der Waals surface area contributed by atoms with E-state index >= 15 is 0 Å². The Balaban J connectivity index is 2.61. The number of rotatable bonds is 2. The fourth-order valence-electron chi connectivity index (χ4n) is 0.695. The van der Waals surface area contributed by atoms with Gasteiger partial charge in [-0.15, -0.1) is 12.6 Å². The Morgan fingerprint density at radius 3 is 2.15 bits per heavy atom. The summed E-state index contributed by atoms with van der Waals surface area (Å²) in [5, 5.41) is 0. The third kappa shape index (κ3) is 3.18. The van der Waals surface area contributed by atoms with Crippen LogP contribution in [0.5, 0.6) is 5.75 Å². The van der Waals surface area contributed by atoms with Crippen molar-refractivity contribution >= 4 is 12.6 Å². The molecule has 1 rings (SSSR count). The third-order valence-electron chi connectivity index (χ3n) is 1.27. The minimum atomic E-state index is -4.45. The molecule has 1 unspecified atom stereocenters. The zero-order chi connectivity index (χ0) is 9.90. The molecule has 13 heavy (non-hydrogen) atoms. The SMILES string of the molecule is FC(F)(F)C(S)Oc1ccccc1. The summed E-state index contributed by atoms with van der Waals surface area (Å²) in [7, 11) is 0. The summed E-state index contributed by atoms with van der Waals surface area (Å²) >= 11 is 3.27. The lowest BCUT2D eigenvalue weighted by Crippen LogP contribution is -2.28. The van der Waals surface area contributed by atoms with Crippen molar-refractivity contribution in [2.45, 2.75) is 11.6 Å². The number of ether oxygens (including phenoxy) is 1. The molecular formula is C8H7F3OS. The standard InChI is InChI=1S/C8H7F3OS/c9-8(10,11)7(13)12-6-4-2-1-3-5-6/h1-5,7,13H. The Kier molecular flexibility index (Phi) is 3.08. The summed E-state index contributed by atoms with van der Waals surface area (Å²) in [5.41, 5.74) is -2.07. The van der Waals surface area contributed by atoms with Crippen LogP contribution in [0, 0.1) is 0 Å². The van der Waals surface area contributed by atoms with Crippen LogP contribution in [0.4, 0.5) is 13.2 Å². The van der Waals surface area contributed by atoms with Gasteiger partial charge in [0.15, 0.2) is 0 Å². The maximum absolute atomic E-state index is 11.9. The third-order valence-corrected chi connectivity index (χ3v) is 1.67. The van der Waals surface area contributed by atoms with E-state index in [2.05, 4.69) is 17.4 Å². The fourth-order valence-corrected chi connectivity index (χ4v) is 0.816. The molecule has 0 radical (unpaired) electrons. The minimum absolute atomic E-state index is 0.153. The van der Waals surface area contributed by atoms with Crippen LogP contribution >= 0.6 is 12.6 Å². The first-order chi connectivity index (χ1) is 6.00. The van der Waals surface area contributed by atoms with Gasteiger partial charge in [0.1, 0.15) is 5.75 Å².